The Labute approximate surface area is 197 Å². The predicted molar refractivity (Wildman–Crippen MR) is 122 cm³/mol. The van der Waals surface area contributed by atoms with Crippen LogP contribution in [-0.4, -0.2) is 48.8 Å². The van der Waals surface area contributed by atoms with Crippen LogP contribution >= 0.6 is 11.8 Å². The Balaban J connectivity index is 1.72. The van der Waals surface area contributed by atoms with Gasteiger partial charge in [0.2, 0.25) is 0 Å². The molecule has 0 aliphatic rings. The van der Waals surface area contributed by atoms with Crippen molar-refractivity contribution < 1.29 is 22.7 Å². The molecule has 0 spiro atoms. The number of carbonyl (C=O) groups excluding carboxylic acids is 1. The number of aromatic nitrogens is 5. The third kappa shape index (κ3) is 5.01. The zero-order valence-corrected chi connectivity index (χ0v) is 19.1. The molecule has 3 aromatic heterocycles. The average Bonchev–Trinajstić information content (AvgIpc) is 3.41. The van der Waals surface area contributed by atoms with E-state index in [9.17, 15) is 18.0 Å². The van der Waals surface area contributed by atoms with E-state index in [0.29, 0.717) is 17.0 Å². The van der Waals surface area contributed by atoms with Crippen molar-refractivity contribution >= 4 is 29.0 Å². The summed E-state index contributed by atoms with van der Waals surface area (Å²) in [6.07, 6.45) is 6.74. The first kappa shape index (κ1) is 23.6. The van der Waals surface area contributed by atoms with E-state index < -0.39 is 19.2 Å². The third-order valence-electron chi connectivity index (χ3n) is 4.95. The number of nitrogens with one attached hydrogen (secondary N) is 1. The summed E-state index contributed by atoms with van der Waals surface area (Å²) in [6.45, 7) is -1.71. The lowest BCUT2D eigenvalue weighted by Crippen LogP contribution is -2.12. The van der Waals surface area contributed by atoms with Gasteiger partial charge >= 0.3 is 6.61 Å². The second-order valence-corrected chi connectivity index (χ2v) is 8.68. The van der Waals surface area contributed by atoms with Crippen molar-refractivity contribution in [2.24, 2.45) is 7.05 Å². The minimum Gasteiger partial charge on any atom is -0.434 e. The normalized spacial score (nSPS) is 12.3. The molecule has 34 heavy (non-hydrogen) atoms. The number of alkyl halides is 3. The van der Waals surface area contributed by atoms with Gasteiger partial charge in [0.15, 0.2) is 5.65 Å². The summed E-state index contributed by atoms with van der Waals surface area (Å²) >= 11 is 1.29. The van der Waals surface area contributed by atoms with Crippen LogP contribution in [0.25, 0.3) is 16.9 Å². The molecule has 1 unspecified atom stereocenters. The highest BCUT2D eigenvalue weighted by atomic mass is 32.2. The molecule has 0 aliphatic heterocycles. The maximum absolute atomic E-state index is 13.3. The Morgan fingerprint density at radius 2 is 2.15 bits per heavy atom. The van der Waals surface area contributed by atoms with Gasteiger partial charge in [-0.3, -0.25) is 9.48 Å². The molecule has 0 radical (unpaired) electrons. The van der Waals surface area contributed by atoms with Gasteiger partial charge in [0.05, 0.1) is 11.9 Å². The zero-order chi connectivity index (χ0) is 24.2. The van der Waals surface area contributed by atoms with Gasteiger partial charge in [0.1, 0.15) is 23.7 Å². The molecule has 1 N–H and O–H groups in total. The van der Waals surface area contributed by atoms with Gasteiger partial charge in [0, 0.05) is 41.3 Å². The van der Waals surface area contributed by atoms with Crippen LogP contribution in [0.2, 0.25) is 0 Å². The number of benzene rings is 1. The first-order valence-corrected chi connectivity index (χ1v) is 11.2. The van der Waals surface area contributed by atoms with Crippen molar-refractivity contribution in [3.63, 3.8) is 0 Å². The van der Waals surface area contributed by atoms with Gasteiger partial charge in [-0.15, -0.1) is 11.8 Å². The lowest BCUT2D eigenvalue weighted by atomic mass is 10.1. The van der Waals surface area contributed by atoms with Gasteiger partial charge in [-0.2, -0.15) is 19.0 Å². The number of amides is 1. The summed E-state index contributed by atoms with van der Waals surface area (Å²) < 4.78 is 47.1. The number of halogens is 3. The van der Waals surface area contributed by atoms with Gasteiger partial charge < -0.3 is 10.1 Å². The van der Waals surface area contributed by atoms with Crippen molar-refractivity contribution in [1.29, 1.82) is 0 Å². The van der Waals surface area contributed by atoms with Crippen LogP contribution in [0.5, 0.6) is 5.75 Å². The first-order chi connectivity index (χ1) is 16.4. The minimum atomic E-state index is -3.06. The Hall–Kier alpha value is -3.54. The van der Waals surface area contributed by atoms with E-state index in [4.69, 9.17) is 4.74 Å². The van der Waals surface area contributed by atoms with E-state index in [1.807, 2.05) is 6.92 Å². The molecule has 1 aromatic carbocycles. The standard InChI is InChI=1S/C22H21F3N6O2S/c1-3-13(10-23)34-14-5-6-18(33-22(24)25)15(9-14)19-17(12-30(2)29-19)28-21(32)16-11-27-31-8-4-7-26-20(16)31/h4-9,11-13,22H,3,10H2,1-2H3,(H,28,32). The van der Waals surface area contributed by atoms with Crippen molar-refractivity contribution in [2.75, 3.05) is 12.0 Å². The third-order valence-corrected chi connectivity index (χ3v) is 6.27. The molecule has 0 aliphatic carbocycles. The molecular weight excluding hydrogens is 469 g/mol. The van der Waals surface area contributed by atoms with Crippen LogP contribution in [0.15, 0.2) is 53.9 Å². The van der Waals surface area contributed by atoms with E-state index >= 15 is 0 Å². The summed E-state index contributed by atoms with van der Waals surface area (Å²) in [6, 6.07) is 6.28. The molecule has 1 amide bonds. The zero-order valence-electron chi connectivity index (χ0n) is 18.3. The molecule has 12 heteroatoms. The lowest BCUT2D eigenvalue weighted by molar-refractivity contribution is -0.0494. The fourth-order valence-electron chi connectivity index (χ4n) is 3.34. The number of anilines is 1. The fraction of sp³-hybridized carbons (Fsp3) is 0.273. The van der Waals surface area contributed by atoms with Crippen LogP contribution < -0.4 is 10.1 Å². The van der Waals surface area contributed by atoms with Crippen LogP contribution in [-0.2, 0) is 7.05 Å². The quantitative estimate of drug-likeness (QED) is 0.339. The second-order valence-electron chi connectivity index (χ2n) is 7.30. The molecular formula is C22H21F3N6O2S. The van der Waals surface area contributed by atoms with Crippen LogP contribution in [0.4, 0.5) is 18.9 Å². The number of carbonyl (C=O) groups is 1. The number of nitrogens with zero attached hydrogens (tertiary/aromatic N) is 5. The predicted octanol–water partition coefficient (Wildman–Crippen LogP) is 4.82. The van der Waals surface area contributed by atoms with Crippen LogP contribution in [0.1, 0.15) is 23.7 Å². The summed E-state index contributed by atoms with van der Waals surface area (Å²) in [5.41, 5.74) is 1.35. The number of ether oxygens (including phenoxy) is 1. The molecule has 1 atom stereocenters. The summed E-state index contributed by atoms with van der Waals surface area (Å²) in [4.78, 5) is 17.8. The second kappa shape index (κ2) is 10.2. The topological polar surface area (TPSA) is 86.3 Å². The Morgan fingerprint density at radius 1 is 1.32 bits per heavy atom. The SMILES string of the molecule is CCC(CF)Sc1ccc(OC(F)F)c(-c2nn(C)cc2NC(=O)c2cnn3cccnc23)c1. The molecule has 178 valence electrons. The van der Waals surface area contributed by atoms with Crippen molar-refractivity contribution in [3.05, 3.63) is 54.6 Å². The molecule has 0 saturated carbocycles. The van der Waals surface area contributed by atoms with Gasteiger partial charge in [-0.25, -0.2) is 13.9 Å². The monoisotopic (exact) mass is 490 g/mol. The number of aryl methyl sites for hydroxylation is 1. The number of hydrogen-bond donors (Lipinski definition) is 1. The maximum Gasteiger partial charge on any atom is 0.387 e. The largest absolute Gasteiger partial charge is 0.434 e. The highest BCUT2D eigenvalue weighted by Gasteiger charge is 2.22. The van der Waals surface area contributed by atoms with Gasteiger partial charge in [-0.05, 0) is 30.7 Å². The van der Waals surface area contributed by atoms with Crippen LogP contribution in [0.3, 0.4) is 0 Å². The highest BCUT2D eigenvalue weighted by molar-refractivity contribution is 8.00. The number of hydrogen-bond acceptors (Lipinski definition) is 6. The Morgan fingerprint density at radius 3 is 2.88 bits per heavy atom. The smallest absolute Gasteiger partial charge is 0.387 e. The van der Waals surface area contributed by atoms with Crippen molar-refractivity contribution in [1.82, 2.24) is 24.4 Å². The van der Waals surface area contributed by atoms with E-state index in [1.165, 1.54) is 33.2 Å². The summed E-state index contributed by atoms with van der Waals surface area (Å²) in [7, 11) is 1.64. The molecule has 0 saturated heterocycles. The molecule has 4 rings (SSSR count). The van der Waals surface area contributed by atoms with E-state index in [-0.39, 0.29) is 33.5 Å². The minimum absolute atomic E-state index is 0.112. The molecule has 0 fully saturated rings. The number of thioether (sulfide) groups is 1. The molecule has 4 aromatic rings. The first-order valence-electron chi connectivity index (χ1n) is 10.3. The Kier molecular flexibility index (Phi) is 7.06. The average molecular weight is 491 g/mol. The Bertz CT molecular complexity index is 1310. The van der Waals surface area contributed by atoms with Gasteiger partial charge in [-0.1, -0.05) is 6.92 Å². The molecule has 0 bridgehead atoms. The van der Waals surface area contributed by atoms with Crippen molar-refractivity contribution in [3.8, 4) is 17.0 Å². The molecule has 3 heterocycles. The van der Waals surface area contributed by atoms with Gasteiger partial charge in [0.25, 0.3) is 5.91 Å². The lowest BCUT2D eigenvalue weighted by Gasteiger charge is -2.15. The van der Waals surface area contributed by atoms with E-state index in [2.05, 4.69) is 20.5 Å². The number of rotatable bonds is 9. The summed E-state index contributed by atoms with van der Waals surface area (Å²) in [5.74, 6) is -0.604. The highest BCUT2D eigenvalue weighted by Crippen LogP contribution is 2.39. The van der Waals surface area contributed by atoms with E-state index in [1.54, 1.807) is 43.8 Å². The molecule has 8 nitrogen and oxygen atoms in total. The summed E-state index contributed by atoms with van der Waals surface area (Å²) in [5, 5.41) is 11.0. The maximum atomic E-state index is 13.3. The van der Waals surface area contributed by atoms with Crippen LogP contribution in [0, 0.1) is 0 Å². The fourth-order valence-corrected chi connectivity index (χ4v) is 4.29. The van der Waals surface area contributed by atoms with Crippen molar-refractivity contribution in [2.45, 2.75) is 30.1 Å². The van der Waals surface area contributed by atoms with E-state index in [0.717, 1.165) is 0 Å². The number of fused-ring (bicyclic) bond motifs is 1.